The normalized spacial score (nSPS) is 13.1. The van der Waals surface area contributed by atoms with Crippen LogP contribution in [0, 0.1) is 33.6 Å². The van der Waals surface area contributed by atoms with Crippen LogP contribution in [0.2, 0.25) is 0 Å². The second kappa shape index (κ2) is 31.9. The van der Waals surface area contributed by atoms with E-state index >= 15 is 0 Å². The molecule has 0 saturated carbocycles. The molecule has 0 fully saturated rings. The number of carbonyl (C=O) groups is 2. The van der Waals surface area contributed by atoms with Crippen LogP contribution in [-0.4, -0.2) is 46.7 Å². The van der Waals surface area contributed by atoms with Crippen molar-refractivity contribution in [2.75, 3.05) is 11.5 Å². The van der Waals surface area contributed by atoms with Gasteiger partial charge in [-0.3, -0.25) is 34.7 Å². The first kappa shape index (κ1) is 75.6. The summed E-state index contributed by atoms with van der Waals surface area (Å²) >= 11 is 1.40. The third-order valence-electron chi connectivity index (χ3n) is 23.3. The molecule has 121 heavy (non-hydrogen) atoms. The van der Waals surface area contributed by atoms with E-state index in [1.807, 2.05) is 86.9 Å². The van der Waals surface area contributed by atoms with E-state index in [0.29, 0.717) is 21.7 Å². The first-order valence-corrected chi connectivity index (χ1v) is 41.2. The molecule has 14 nitrogen and oxygen atoms in total. The number of aromatic amines is 2. The SMILES string of the molecule is C1=CC2=CC=CC3=CC=CC(=C1)C23.CC[n+]1c(-c2ccccc2)c2cc(N)ccc2c2ccc(N)cc21.Cc1c2ccncc2c(C)c2c1[nH]c1ccccc12.Cc1cc(C)c2c(n1)sc1c(=O)[nH]cnc12.O=C1NC(=O)c2cccc3cccc1c23.c1cc2cccc3c4cccc5cccc(c(c1)c23)c54.c1cnc2c(c1)ccc1cccnc12. The molecule has 7 N–H and O–H groups in total. The fraction of sp³-hybridized carbons (Fsp3) is 0.0660. The average Bonchev–Trinajstić information content (AvgIpc) is 1.22. The molecule has 15 heteroatoms. The zero-order valence-electron chi connectivity index (χ0n) is 67.0. The minimum atomic E-state index is -0.315. The van der Waals surface area contributed by atoms with Crippen LogP contribution in [0.4, 0.5) is 11.4 Å². The first-order chi connectivity index (χ1) is 59.2. The number of hydrogen-bond donors (Lipinski definition) is 5. The Labute approximate surface area is 699 Å². The molecule has 9 heterocycles. The third-order valence-corrected chi connectivity index (χ3v) is 24.3. The summed E-state index contributed by atoms with van der Waals surface area (Å²) in [6, 6.07) is 84.8. The van der Waals surface area contributed by atoms with Crippen molar-refractivity contribution in [2.45, 2.75) is 41.2 Å². The molecule has 2 amide bonds. The second-order valence-corrected chi connectivity index (χ2v) is 31.5. The van der Waals surface area contributed by atoms with Gasteiger partial charge in [0.25, 0.3) is 17.4 Å². The van der Waals surface area contributed by atoms with E-state index in [2.05, 4.69) is 296 Å². The van der Waals surface area contributed by atoms with E-state index in [9.17, 15) is 14.4 Å². The molecule has 0 atom stereocenters. The molecule has 1 aliphatic heterocycles. The highest BCUT2D eigenvalue weighted by Gasteiger charge is 2.27. The van der Waals surface area contributed by atoms with Gasteiger partial charge in [0.15, 0.2) is 0 Å². The number of thiophene rings is 1. The van der Waals surface area contributed by atoms with Gasteiger partial charge in [0.1, 0.15) is 16.1 Å². The van der Waals surface area contributed by atoms with Crippen molar-refractivity contribution < 1.29 is 14.2 Å². The van der Waals surface area contributed by atoms with E-state index in [1.165, 1.54) is 149 Å². The van der Waals surface area contributed by atoms with E-state index in [-0.39, 0.29) is 17.4 Å². The summed E-state index contributed by atoms with van der Waals surface area (Å²) in [4.78, 5) is 63.4. The number of nitrogen functional groups attached to an aromatic ring is 2. The number of imide groups is 1. The molecule has 4 aliphatic rings. The second-order valence-electron chi connectivity index (χ2n) is 30.5. The molecule has 21 aromatic rings. The zero-order valence-corrected chi connectivity index (χ0v) is 67.8. The average molecular weight is 1590 g/mol. The number of carbonyl (C=O) groups excluding carboxylic acids is 2. The summed E-state index contributed by atoms with van der Waals surface area (Å²) in [5.41, 5.74) is 32.4. The van der Waals surface area contributed by atoms with Gasteiger partial charge >= 0.3 is 0 Å². The number of para-hydroxylation sites is 1. The molecule has 8 aromatic heterocycles. The summed E-state index contributed by atoms with van der Waals surface area (Å²) in [6.07, 6.45) is 28.5. The van der Waals surface area contributed by atoms with Gasteiger partial charge in [-0.25, -0.2) is 9.97 Å². The smallest absolute Gasteiger partial charge is 0.268 e. The monoisotopic (exact) mass is 1590 g/mol. The van der Waals surface area contributed by atoms with Gasteiger partial charge in [-0.15, -0.1) is 11.3 Å². The number of nitrogens with zero attached hydrogens (tertiary/aromatic N) is 6. The van der Waals surface area contributed by atoms with Gasteiger partial charge in [0.2, 0.25) is 11.2 Å². The van der Waals surface area contributed by atoms with Crippen LogP contribution < -0.4 is 26.9 Å². The molecular weight excluding hydrogens is 1510 g/mol. The fourth-order valence-corrected chi connectivity index (χ4v) is 19.0. The molecule has 3 aliphatic carbocycles. The molecule has 25 rings (SSSR count). The number of nitrogens with two attached hydrogens (primary N) is 2. The lowest BCUT2D eigenvalue weighted by molar-refractivity contribution is -0.655. The number of H-pyrrole nitrogens is 2. The molecule has 0 spiro atoms. The number of aryl methyl sites for hydroxylation is 5. The lowest BCUT2D eigenvalue weighted by Crippen LogP contribution is -2.36. The van der Waals surface area contributed by atoms with Gasteiger partial charge in [-0.05, 0) is 201 Å². The van der Waals surface area contributed by atoms with Crippen LogP contribution in [0.5, 0.6) is 0 Å². The molecule has 0 saturated heterocycles. The van der Waals surface area contributed by atoms with Crippen molar-refractivity contribution in [3.63, 3.8) is 0 Å². The van der Waals surface area contributed by atoms with Crippen LogP contribution in [0.25, 0.3) is 162 Å². The number of aromatic nitrogens is 8. The van der Waals surface area contributed by atoms with Crippen molar-refractivity contribution in [1.82, 2.24) is 40.2 Å². The quantitative estimate of drug-likeness (QED) is 0.0363. The van der Waals surface area contributed by atoms with Crippen molar-refractivity contribution in [2.24, 2.45) is 5.92 Å². The topological polar surface area (TPSA) is 215 Å². The summed E-state index contributed by atoms with van der Waals surface area (Å²) in [5.74, 6) is -0.117. The summed E-state index contributed by atoms with van der Waals surface area (Å²) < 4.78 is 2.97. The highest BCUT2D eigenvalue weighted by Crippen LogP contribution is 2.43. The van der Waals surface area contributed by atoms with Gasteiger partial charge < -0.3 is 21.4 Å². The maximum Gasteiger partial charge on any atom is 0.268 e. The predicted octanol–water partition coefficient (Wildman–Crippen LogP) is 24.1. The molecule has 0 unspecified atom stereocenters. The molecule has 0 bridgehead atoms. The predicted molar refractivity (Wildman–Crippen MR) is 503 cm³/mol. The first-order valence-electron chi connectivity index (χ1n) is 40.4. The number of pyridine rings is 5. The van der Waals surface area contributed by atoms with Crippen molar-refractivity contribution in [1.29, 1.82) is 0 Å². The van der Waals surface area contributed by atoms with Gasteiger partial charge in [-0.1, -0.05) is 218 Å². The number of anilines is 2. The molecule has 0 radical (unpaired) electrons. The summed E-state index contributed by atoms with van der Waals surface area (Å²) in [6.45, 7) is 11.4. The van der Waals surface area contributed by atoms with E-state index in [4.69, 9.17) is 11.5 Å². The lowest BCUT2D eigenvalue weighted by Gasteiger charge is -2.27. The summed E-state index contributed by atoms with van der Waals surface area (Å²) in [7, 11) is 0. The van der Waals surface area contributed by atoms with Crippen molar-refractivity contribution in [3.05, 3.63) is 395 Å². The van der Waals surface area contributed by atoms with Gasteiger partial charge in [0.05, 0.1) is 39.2 Å². The van der Waals surface area contributed by atoms with E-state index in [0.717, 1.165) is 83.0 Å². The fourth-order valence-electron chi connectivity index (χ4n) is 17.9. The van der Waals surface area contributed by atoms with Crippen molar-refractivity contribution >= 4 is 185 Å². The number of allylic oxidation sites excluding steroid dienone is 12. The van der Waals surface area contributed by atoms with Gasteiger partial charge in [-0.2, -0.15) is 4.57 Å². The van der Waals surface area contributed by atoms with E-state index < -0.39 is 0 Å². The highest BCUT2D eigenvalue weighted by molar-refractivity contribution is 7.25. The summed E-state index contributed by atoms with van der Waals surface area (Å²) in [5, 5.41) is 26.9. The Balaban J connectivity index is 0.0000000940. The van der Waals surface area contributed by atoms with Crippen LogP contribution in [0.1, 0.15) is 50.0 Å². The third kappa shape index (κ3) is 13.9. The Bertz CT molecular complexity index is 7750. The van der Waals surface area contributed by atoms with Crippen LogP contribution in [0.3, 0.4) is 0 Å². The Morgan fingerprint density at radius 2 is 0.975 bits per heavy atom. The number of hydrogen-bond acceptors (Lipinski definition) is 11. The number of amides is 2. The maximum atomic E-state index is 11.6. The number of rotatable bonds is 2. The van der Waals surface area contributed by atoms with Crippen LogP contribution >= 0.6 is 11.3 Å². The minimum Gasteiger partial charge on any atom is -0.399 e. The standard InChI is InChI=1S/C21H19N3.C20H12.C17H14N2.C13H10.C12H8N2.C12H7NO2.C11H9N3OS/c1-2-24-20-13-16(23)9-11-18(20)17-10-8-15(22)12-19(17)21(24)14-6-4-3-5-7-14;1-5-13-6-2-11-17-18-12-4-8-14-7-3-10-16(20(14)18)15(9-1)19(13)17;1-10-14-9-18-8-7-12(14)11(2)17-16(10)13-5-3-4-6-15(13)19-17;1-4-10-6-2-8-12-9-3-7-11(5-1)13(10)12;1-3-9-5-6-10-4-2-8-14-12(10)11(9)13-7-1;14-11-8-5-1-3-7-4-2-6-9(10(7)8)12(15)13-11;1-5-3-6(2)14-11-7(5)8-9(16-11)10(15)13-4-12-8/h3-13,23H,2,22H2,1H3;1-12H;3-9,19H,1-2H3;1-9,13H;1-8H;1-6H,(H,13,14,15);3-4H,1-2H3,(H,12,13,15)/p+1. The Morgan fingerprint density at radius 1 is 0.438 bits per heavy atom. The Hall–Kier alpha value is -15.5. The minimum absolute atomic E-state index is 0.0925. The number of nitrogens with one attached hydrogen (secondary N) is 3. The van der Waals surface area contributed by atoms with E-state index in [1.54, 1.807) is 24.5 Å². The molecule has 582 valence electrons. The molecular formula is C106H80N11O3S+. The largest absolute Gasteiger partial charge is 0.399 e. The number of fused-ring (bicyclic) bond motifs is 15. The Kier molecular flexibility index (Phi) is 19.9. The van der Waals surface area contributed by atoms with Gasteiger partial charge in [0, 0.05) is 119 Å². The zero-order chi connectivity index (χ0) is 82.5. The highest BCUT2D eigenvalue weighted by atomic mass is 32.1. The molecule has 13 aromatic carbocycles. The van der Waals surface area contributed by atoms with Crippen molar-refractivity contribution in [3.8, 4) is 11.3 Å². The van der Waals surface area contributed by atoms with Crippen LogP contribution in [-0.2, 0) is 6.54 Å². The lowest BCUT2D eigenvalue weighted by atomic mass is 9.76. The maximum absolute atomic E-state index is 11.6. The van der Waals surface area contributed by atoms with Crippen LogP contribution in [0.15, 0.2) is 356 Å². The number of benzene rings is 13. The Morgan fingerprint density at radius 3 is 1.57 bits per heavy atom.